The molecule has 0 atom stereocenters. The van der Waals surface area contributed by atoms with Gasteiger partial charge in [0, 0.05) is 38.8 Å². The first-order valence-electron chi connectivity index (χ1n) is 5.93. The molecule has 1 saturated heterocycles. The third-order valence-corrected chi connectivity index (χ3v) is 3.01. The van der Waals surface area contributed by atoms with Crippen LogP contribution in [-0.4, -0.2) is 46.2 Å². The van der Waals surface area contributed by atoms with Crippen molar-refractivity contribution >= 4 is 11.7 Å². The average molecular weight is 254 g/mol. The van der Waals surface area contributed by atoms with Gasteiger partial charge in [-0.05, 0) is 6.07 Å². The molecule has 0 bridgehead atoms. The molecule has 0 aliphatic carbocycles. The number of anilines is 1. The maximum atomic E-state index is 11.7. The molecule has 4 N–H and O–H groups in total. The van der Waals surface area contributed by atoms with Crippen LogP contribution in [0.3, 0.4) is 0 Å². The van der Waals surface area contributed by atoms with Crippen molar-refractivity contribution in [3.8, 4) is 0 Å². The lowest BCUT2D eigenvalue weighted by Crippen LogP contribution is -2.47. The molecule has 1 fully saturated rings. The molecule has 0 unspecified atom stereocenters. The largest absolute Gasteiger partial charge is 0.388 e. The van der Waals surface area contributed by atoms with Crippen LogP contribution < -0.4 is 11.1 Å². The van der Waals surface area contributed by atoms with E-state index >= 15 is 0 Å². The lowest BCUT2D eigenvalue weighted by atomic mass is 9.94. The molecule has 1 aromatic rings. The van der Waals surface area contributed by atoms with E-state index in [0.717, 1.165) is 0 Å². The third-order valence-electron chi connectivity index (χ3n) is 3.01. The van der Waals surface area contributed by atoms with Crippen molar-refractivity contribution in [3.63, 3.8) is 0 Å². The van der Waals surface area contributed by atoms with E-state index in [4.69, 9.17) is 10.5 Å². The van der Waals surface area contributed by atoms with Crippen molar-refractivity contribution in [1.82, 2.24) is 15.1 Å². The highest BCUT2D eigenvalue weighted by molar-refractivity contribution is 5.75. The highest BCUT2D eigenvalue weighted by Crippen LogP contribution is 2.19. The first-order chi connectivity index (χ1) is 8.57. The minimum Gasteiger partial charge on any atom is -0.388 e. The van der Waals surface area contributed by atoms with Crippen molar-refractivity contribution in [2.24, 2.45) is 0 Å². The second-order valence-corrected chi connectivity index (χ2v) is 4.55. The zero-order valence-corrected chi connectivity index (χ0v) is 10.1. The summed E-state index contributed by atoms with van der Waals surface area (Å²) in [5, 5.41) is 16.8. The Bertz CT molecular complexity index is 412. The van der Waals surface area contributed by atoms with Crippen LogP contribution in [0.5, 0.6) is 0 Å². The molecule has 0 saturated carbocycles. The van der Waals surface area contributed by atoms with Gasteiger partial charge in [0.15, 0.2) is 0 Å². The summed E-state index contributed by atoms with van der Waals surface area (Å²) in [6.45, 7) is 1.40. The van der Waals surface area contributed by atoms with E-state index in [-0.39, 0.29) is 19.0 Å². The SMILES string of the molecule is Nc1ccn(CC(=O)NCC2(O)CCOCC2)n1. The van der Waals surface area contributed by atoms with Gasteiger partial charge in [0.1, 0.15) is 12.4 Å². The van der Waals surface area contributed by atoms with E-state index in [0.29, 0.717) is 31.9 Å². The molecular formula is C11H18N4O3. The Balaban J connectivity index is 1.77. The van der Waals surface area contributed by atoms with Gasteiger partial charge in [-0.2, -0.15) is 5.10 Å². The number of carbonyl (C=O) groups is 1. The fourth-order valence-electron chi connectivity index (χ4n) is 1.86. The fourth-order valence-corrected chi connectivity index (χ4v) is 1.86. The summed E-state index contributed by atoms with van der Waals surface area (Å²) in [5.74, 6) is 0.184. The average Bonchev–Trinajstić information content (AvgIpc) is 2.73. The molecule has 18 heavy (non-hydrogen) atoms. The molecule has 1 aliphatic rings. The van der Waals surface area contributed by atoms with Gasteiger partial charge < -0.3 is 20.9 Å². The molecular weight excluding hydrogens is 236 g/mol. The summed E-state index contributed by atoms with van der Waals surface area (Å²) in [7, 11) is 0. The van der Waals surface area contributed by atoms with E-state index in [1.165, 1.54) is 4.68 Å². The highest BCUT2D eigenvalue weighted by atomic mass is 16.5. The van der Waals surface area contributed by atoms with Gasteiger partial charge in [0.2, 0.25) is 5.91 Å². The lowest BCUT2D eigenvalue weighted by Gasteiger charge is -2.32. The number of amides is 1. The minimum absolute atomic E-state index is 0.101. The van der Waals surface area contributed by atoms with Crippen molar-refractivity contribution in [3.05, 3.63) is 12.3 Å². The maximum absolute atomic E-state index is 11.7. The van der Waals surface area contributed by atoms with Gasteiger partial charge in [-0.15, -0.1) is 0 Å². The maximum Gasteiger partial charge on any atom is 0.241 e. The van der Waals surface area contributed by atoms with Crippen LogP contribution in [0.2, 0.25) is 0 Å². The van der Waals surface area contributed by atoms with Crippen molar-refractivity contribution in [2.75, 3.05) is 25.5 Å². The predicted molar refractivity (Wildman–Crippen MR) is 64.7 cm³/mol. The summed E-state index contributed by atoms with van der Waals surface area (Å²) < 4.78 is 6.63. The van der Waals surface area contributed by atoms with Crippen LogP contribution in [-0.2, 0) is 16.1 Å². The van der Waals surface area contributed by atoms with Crippen molar-refractivity contribution in [2.45, 2.75) is 25.0 Å². The van der Waals surface area contributed by atoms with Crippen molar-refractivity contribution < 1.29 is 14.6 Å². The number of nitrogen functional groups attached to an aromatic ring is 1. The number of hydrogen-bond donors (Lipinski definition) is 3. The number of ether oxygens (including phenoxy) is 1. The molecule has 0 radical (unpaired) electrons. The smallest absolute Gasteiger partial charge is 0.241 e. The summed E-state index contributed by atoms with van der Waals surface area (Å²) >= 11 is 0. The number of aromatic nitrogens is 2. The normalized spacial score (nSPS) is 18.5. The molecule has 2 heterocycles. The zero-order chi connectivity index (χ0) is 13.0. The fraction of sp³-hybridized carbons (Fsp3) is 0.636. The lowest BCUT2D eigenvalue weighted by molar-refractivity contribution is -0.124. The number of aliphatic hydroxyl groups is 1. The van der Waals surface area contributed by atoms with E-state index < -0.39 is 5.60 Å². The summed E-state index contributed by atoms with van der Waals surface area (Å²) in [5.41, 5.74) is 4.60. The molecule has 1 aromatic heterocycles. The molecule has 0 spiro atoms. The van der Waals surface area contributed by atoms with Crippen LogP contribution in [0.15, 0.2) is 12.3 Å². The number of nitrogens with zero attached hydrogens (tertiary/aromatic N) is 2. The number of carbonyl (C=O) groups excluding carboxylic acids is 1. The van der Waals surface area contributed by atoms with Crippen LogP contribution in [0.25, 0.3) is 0 Å². The second kappa shape index (κ2) is 5.36. The Morgan fingerprint density at radius 2 is 2.33 bits per heavy atom. The number of nitrogens with one attached hydrogen (secondary N) is 1. The standard InChI is InChI=1S/C11H18N4O3/c12-9-1-4-15(14-9)7-10(16)13-8-11(17)2-5-18-6-3-11/h1,4,17H,2-3,5-8H2,(H2,12,14)(H,13,16). The van der Waals surface area contributed by atoms with E-state index in [9.17, 15) is 9.90 Å². The van der Waals surface area contributed by atoms with E-state index in [1.807, 2.05) is 0 Å². The molecule has 0 aromatic carbocycles. The summed E-state index contributed by atoms with van der Waals surface area (Å²) in [4.78, 5) is 11.7. The van der Waals surface area contributed by atoms with Gasteiger partial charge >= 0.3 is 0 Å². The Hall–Kier alpha value is -1.60. The number of hydrogen-bond acceptors (Lipinski definition) is 5. The Morgan fingerprint density at radius 3 is 2.94 bits per heavy atom. The van der Waals surface area contributed by atoms with Crippen molar-refractivity contribution in [1.29, 1.82) is 0 Å². The van der Waals surface area contributed by atoms with Gasteiger partial charge in [0.05, 0.1) is 5.60 Å². The number of rotatable bonds is 4. The Labute approximate surface area is 105 Å². The van der Waals surface area contributed by atoms with E-state index in [1.54, 1.807) is 12.3 Å². The first kappa shape index (κ1) is 12.8. The molecule has 7 heteroatoms. The van der Waals surface area contributed by atoms with Crippen LogP contribution in [0.4, 0.5) is 5.82 Å². The van der Waals surface area contributed by atoms with Gasteiger partial charge in [-0.1, -0.05) is 0 Å². The predicted octanol–water partition coefficient (Wildman–Crippen LogP) is -0.877. The quantitative estimate of drug-likeness (QED) is 0.647. The summed E-state index contributed by atoms with van der Waals surface area (Å²) in [6.07, 6.45) is 2.72. The van der Waals surface area contributed by atoms with Crippen LogP contribution in [0.1, 0.15) is 12.8 Å². The third kappa shape index (κ3) is 3.44. The van der Waals surface area contributed by atoms with Crippen LogP contribution >= 0.6 is 0 Å². The van der Waals surface area contributed by atoms with Gasteiger partial charge in [0.25, 0.3) is 0 Å². The van der Waals surface area contributed by atoms with E-state index in [2.05, 4.69) is 10.4 Å². The van der Waals surface area contributed by atoms with Gasteiger partial charge in [-0.3, -0.25) is 9.48 Å². The highest BCUT2D eigenvalue weighted by Gasteiger charge is 2.30. The molecule has 1 aliphatic heterocycles. The monoisotopic (exact) mass is 254 g/mol. The Morgan fingerprint density at radius 1 is 1.61 bits per heavy atom. The first-order valence-corrected chi connectivity index (χ1v) is 5.93. The Kier molecular flexibility index (Phi) is 3.83. The topological polar surface area (TPSA) is 102 Å². The minimum atomic E-state index is -0.850. The summed E-state index contributed by atoms with van der Waals surface area (Å²) in [6, 6.07) is 1.62. The molecule has 1 amide bonds. The zero-order valence-electron chi connectivity index (χ0n) is 10.1. The van der Waals surface area contributed by atoms with Crippen LogP contribution in [0, 0.1) is 0 Å². The number of nitrogens with two attached hydrogens (primary N) is 1. The molecule has 2 rings (SSSR count). The van der Waals surface area contributed by atoms with Gasteiger partial charge in [-0.25, -0.2) is 0 Å². The molecule has 7 nitrogen and oxygen atoms in total. The molecule has 100 valence electrons. The second-order valence-electron chi connectivity index (χ2n) is 4.55.